The summed E-state index contributed by atoms with van der Waals surface area (Å²) in [7, 11) is 0. The topological polar surface area (TPSA) is 45.2 Å². The molecule has 1 aliphatic rings. The molecule has 1 aromatic rings. The van der Waals surface area contributed by atoms with Gasteiger partial charge in [-0.05, 0) is 13.3 Å². The Labute approximate surface area is 130 Å². The summed E-state index contributed by atoms with van der Waals surface area (Å²) in [5.41, 5.74) is 0.919. The van der Waals surface area contributed by atoms with E-state index in [-0.39, 0.29) is 30.7 Å². The van der Waals surface area contributed by atoms with Crippen LogP contribution in [0.5, 0.6) is 0 Å². The van der Waals surface area contributed by atoms with Gasteiger partial charge in [-0.3, -0.25) is 4.79 Å². The number of piperazine rings is 1. The first kappa shape index (κ1) is 18.6. The molecule has 0 aromatic carbocycles. The minimum atomic E-state index is 0. The summed E-state index contributed by atoms with van der Waals surface area (Å²) in [5.74, 6) is 0.201. The molecule has 1 amide bonds. The molecule has 7 heteroatoms. The van der Waals surface area contributed by atoms with Gasteiger partial charge in [0.2, 0.25) is 5.91 Å². The molecule has 1 saturated heterocycles. The summed E-state index contributed by atoms with van der Waals surface area (Å²) in [4.78, 5) is 18.5. The Balaban J connectivity index is 0.00000162. The van der Waals surface area contributed by atoms with Crippen LogP contribution in [0.4, 0.5) is 0 Å². The number of halogens is 2. The summed E-state index contributed by atoms with van der Waals surface area (Å²) < 4.78 is 0. The summed E-state index contributed by atoms with van der Waals surface area (Å²) in [6, 6.07) is 0.292. The van der Waals surface area contributed by atoms with Gasteiger partial charge in [-0.15, -0.1) is 36.2 Å². The molecule has 1 N–H and O–H groups in total. The largest absolute Gasteiger partial charge is 0.337 e. The first-order chi connectivity index (χ1) is 8.20. The highest BCUT2D eigenvalue weighted by Gasteiger charge is 2.23. The Bertz CT molecular complexity index is 400. The van der Waals surface area contributed by atoms with Crippen molar-refractivity contribution in [3.63, 3.8) is 0 Å². The maximum absolute atomic E-state index is 12.1. The summed E-state index contributed by atoms with van der Waals surface area (Å²) in [5, 5.41) is 6.40. The van der Waals surface area contributed by atoms with Crippen LogP contribution in [0, 0.1) is 0 Å². The average molecular weight is 326 g/mol. The quantitative estimate of drug-likeness (QED) is 0.923. The number of aryl methyl sites for hydroxylation is 1. The maximum Gasteiger partial charge on any atom is 0.228 e. The van der Waals surface area contributed by atoms with Crippen molar-refractivity contribution < 1.29 is 4.79 Å². The van der Waals surface area contributed by atoms with Gasteiger partial charge in [-0.1, -0.05) is 6.92 Å². The first-order valence-corrected chi connectivity index (χ1v) is 7.02. The number of carbonyl (C=O) groups excluding carboxylic acids is 1. The SMILES string of the molecule is CCc1nc(CC(=O)N2CCNC[C@H]2C)cs1.Cl.Cl. The van der Waals surface area contributed by atoms with Crippen molar-refractivity contribution in [2.75, 3.05) is 19.6 Å². The first-order valence-electron chi connectivity index (χ1n) is 6.14. The number of amides is 1. The van der Waals surface area contributed by atoms with E-state index in [1.807, 2.05) is 10.3 Å². The zero-order valence-electron chi connectivity index (χ0n) is 11.2. The lowest BCUT2D eigenvalue weighted by molar-refractivity contribution is -0.133. The molecule has 0 radical (unpaired) electrons. The Kier molecular flexibility index (Phi) is 8.57. The smallest absolute Gasteiger partial charge is 0.228 e. The van der Waals surface area contributed by atoms with Crippen molar-refractivity contribution in [2.24, 2.45) is 0 Å². The Morgan fingerprint density at radius 1 is 1.58 bits per heavy atom. The van der Waals surface area contributed by atoms with Crippen LogP contribution in [0.25, 0.3) is 0 Å². The van der Waals surface area contributed by atoms with Gasteiger partial charge < -0.3 is 10.2 Å². The highest BCUT2D eigenvalue weighted by atomic mass is 35.5. The number of rotatable bonds is 3. The molecule has 1 fully saturated rings. The van der Waals surface area contributed by atoms with Crippen LogP contribution < -0.4 is 5.32 Å². The number of hydrogen-bond acceptors (Lipinski definition) is 4. The third-order valence-electron chi connectivity index (χ3n) is 3.06. The third-order valence-corrected chi connectivity index (χ3v) is 4.10. The van der Waals surface area contributed by atoms with Crippen LogP contribution in [0.2, 0.25) is 0 Å². The predicted octanol–water partition coefficient (Wildman–Crippen LogP) is 1.91. The van der Waals surface area contributed by atoms with Crippen molar-refractivity contribution in [1.29, 1.82) is 0 Å². The zero-order valence-corrected chi connectivity index (χ0v) is 13.7. The van der Waals surface area contributed by atoms with E-state index in [0.29, 0.717) is 12.5 Å². The molecule has 0 saturated carbocycles. The van der Waals surface area contributed by atoms with Gasteiger partial charge in [-0.2, -0.15) is 0 Å². The summed E-state index contributed by atoms with van der Waals surface area (Å²) in [6.45, 7) is 6.77. The molecule has 19 heavy (non-hydrogen) atoms. The van der Waals surface area contributed by atoms with Crippen molar-refractivity contribution in [2.45, 2.75) is 32.7 Å². The van der Waals surface area contributed by atoms with E-state index in [4.69, 9.17) is 0 Å². The molecule has 0 bridgehead atoms. The van der Waals surface area contributed by atoms with E-state index in [0.717, 1.165) is 36.8 Å². The van der Waals surface area contributed by atoms with Gasteiger partial charge in [0, 0.05) is 31.1 Å². The van der Waals surface area contributed by atoms with E-state index in [9.17, 15) is 4.79 Å². The minimum Gasteiger partial charge on any atom is -0.337 e. The fourth-order valence-electron chi connectivity index (χ4n) is 2.06. The van der Waals surface area contributed by atoms with E-state index < -0.39 is 0 Å². The molecule has 1 aromatic heterocycles. The van der Waals surface area contributed by atoms with Crippen LogP contribution in [0.15, 0.2) is 5.38 Å². The standard InChI is InChI=1S/C12H19N3OS.2ClH/c1-3-11-14-10(8-17-11)6-12(16)15-5-4-13-7-9(15)2;;/h8-9,13H,3-7H2,1-2H3;2*1H/t9-;;/m1../s1. The molecule has 1 atom stereocenters. The Morgan fingerprint density at radius 3 is 2.89 bits per heavy atom. The second kappa shape index (κ2) is 8.74. The second-order valence-electron chi connectivity index (χ2n) is 4.40. The summed E-state index contributed by atoms with van der Waals surface area (Å²) in [6.07, 6.45) is 1.39. The van der Waals surface area contributed by atoms with Crippen LogP contribution in [-0.2, 0) is 17.6 Å². The number of nitrogens with zero attached hydrogens (tertiary/aromatic N) is 2. The lowest BCUT2D eigenvalue weighted by atomic mass is 10.2. The summed E-state index contributed by atoms with van der Waals surface area (Å²) >= 11 is 1.64. The van der Waals surface area contributed by atoms with Crippen LogP contribution in [0.1, 0.15) is 24.5 Å². The van der Waals surface area contributed by atoms with E-state index in [2.05, 4.69) is 24.1 Å². The van der Waals surface area contributed by atoms with E-state index in [1.54, 1.807) is 11.3 Å². The Hall–Kier alpha value is -0.360. The van der Waals surface area contributed by atoms with Gasteiger partial charge in [0.25, 0.3) is 0 Å². The van der Waals surface area contributed by atoms with Gasteiger partial charge in [-0.25, -0.2) is 4.98 Å². The van der Waals surface area contributed by atoms with Crippen molar-refractivity contribution in [1.82, 2.24) is 15.2 Å². The van der Waals surface area contributed by atoms with Gasteiger partial charge in [0.15, 0.2) is 0 Å². The molecule has 2 rings (SSSR count). The maximum atomic E-state index is 12.1. The van der Waals surface area contributed by atoms with Gasteiger partial charge in [0.1, 0.15) is 0 Å². The third kappa shape index (κ3) is 4.91. The predicted molar refractivity (Wildman–Crippen MR) is 83.7 cm³/mol. The molecule has 2 heterocycles. The molecule has 0 spiro atoms. The van der Waals surface area contributed by atoms with Gasteiger partial charge >= 0.3 is 0 Å². The molecule has 110 valence electrons. The molecular weight excluding hydrogens is 305 g/mol. The van der Waals surface area contributed by atoms with E-state index >= 15 is 0 Å². The average Bonchev–Trinajstić information content (AvgIpc) is 2.77. The lowest BCUT2D eigenvalue weighted by Gasteiger charge is -2.33. The number of aromatic nitrogens is 1. The highest BCUT2D eigenvalue weighted by Crippen LogP contribution is 2.13. The fraction of sp³-hybridized carbons (Fsp3) is 0.667. The van der Waals surface area contributed by atoms with Crippen molar-refractivity contribution >= 4 is 42.1 Å². The molecule has 0 aliphatic carbocycles. The molecule has 4 nitrogen and oxygen atoms in total. The highest BCUT2D eigenvalue weighted by molar-refractivity contribution is 7.09. The molecule has 1 aliphatic heterocycles. The normalized spacial score (nSPS) is 18.4. The lowest BCUT2D eigenvalue weighted by Crippen LogP contribution is -2.52. The van der Waals surface area contributed by atoms with Gasteiger partial charge in [0.05, 0.1) is 17.1 Å². The molecule has 0 unspecified atom stereocenters. The molecular formula is C12H21Cl2N3OS. The minimum absolute atomic E-state index is 0. The monoisotopic (exact) mass is 325 g/mol. The Morgan fingerprint density at radius 2 is 2.32 bits per heavy atom. The number of nitrogens with one attached hydrogen (secondary N) is 1. The van der Waals surface area contributed by atoms with Crippen molar-refractivity contribution in [3.05, 3.63) is 16.1 Å². The number of carbonyl (C=O) groups is 1. The van der Waals surface area contributed by atoms with Crippen LogP contribution in [0.3, 0.4) is 0 Å². The van der Waals surface area contributed by atoms with E-state index in [1.165, 1.54) is 0 Å². The number of hydrogen-bond donors (Lipinski definition) is 1. The number of thiazole rings is 1. The van der Waals surface area contributed by atoms with Crippen LogP contribution in [-0.4, -0.2) is 41.5 Å². The fourth-order valence-corrected chi connectivity index (χ4v) is 2.81. The van der Waals surface area contributed by atoms with Crippen molar-refractivity contribution in [3.8, 4) is 0 Å². The van der Waals surface area contributed by atoms with Crippen LogP contribution >= 0.6 is 36.2 Å². The zero-order chi connectivity index (χ0) is 12.3. The second-order valence-corrected chi connectivity index (χ2v) is 5.35.